The molecule has 11 heteroatoms. The van der Waals surface area contributed by atoms with Crippen molar-refractivity contribution >= 4 is 44.7 Å². The van der Waals surface area contributed by atoms with Crippen LogP contribution in [0.2, 0.25) is 0 Å². The van der Waals surface area contributed by atoms with Gasteiger partial charge in [0.2, 0.25) is 5.75 Å². The number of aromatic nitrogens is 2. The van der Waals surface area contributed by atoms with Crippen LogP contribution in [0.25, 0.3) is 10.9 Å². The monoisotopic (exact) mass is 556 g/mol. The second-order valence-electron chi connectivity index (χ2n) is 8.48. The Labute approximate surface area is 215 Å². The van der Waals surface area contributed by atoms with Crippen LogP contribution >= 0.6 is 15.9 Å². The van der Waals surface area contributed by atoms with Crippen LogP contribution in [0.5, 0.6) is 11.5 Å². The third-order valence-electron chi connectivity index (χ3n) is 5.93. The second-order valence-corrected chi connectivity index (χ2v) is 9.39. The minimum absolute atomic E-state index is 0.0313. The molecule has 1 saturated carbocycles. The summed E-state index contributed by atoms with van der Waals surface area (Å²) in [5, 5.41) is 16.6. The van der Waals surface area contributed by atoms with E-state index in [1.165, 1.54) is 23.0 Å². The summed E-state index contributed by atoms with van der Waals surface area (Å²) < 4.78 is 12.6. The zero-order chi connectivity index (χ0) is 25.8. The van der Waals surface area contributed by atoms with Crippen molar-refractivity contribution in [1.29, 1.82) is 0 Å². The SMILES string of the molecule is CCOc1cc(C=Nn2c(C3CCCCC3)nc3ccc(Br)cc3c2=O)cc([N+](=O)[O-])c1OC(C)=O. The van der Waals surface area contributed by atoms with Crippen molar-refractivity contribution in [3.8, 4) is 11.5 Å². The van der Waals surface area contributed by atoms with Gasteiger partial charge in [0.15, 0.2) is 5.75 Å². The van der Waals surface area contributed by atoms with Gasteiger partial charge in [-0.1, -0.05) is 35.2 Å². The second kappa shape index (κ2) is 11.0. The van der Waals surface area contributed by atoms with E-state index in [0.717, 1.165) is 43.5 Å². The van der Waals surface area contributed by atoms with Gasteiger partial charge in [0, 0.05) is 28.9 Å². The molecule has 1 aromatic heterocycles. The molecule has 0 amide bonds. The van der Waals surface area contributed by atoms with E-state index in [2.05, 4.69) is 21.0 Å². The number of hydrogen-bond acceptors (Lipinski definition) is 8. The van der Waals surface area contributed by atoms with Crippen LogP contribution in [0.4, 0.5) is 5.69 Å². The number of nitro groups is 1. The third kappa shape index (κ3) is 5.46. The number of hydrogen-bond donors (Lipinski definition) is 0. The van der Waals surface area contributed by atoms with Gasteiger partial charge < -0.3 is 9.47 Å². The smallest absolute Gasteiger partial charge is 0.316 e. The molecule has 2 aromatic carbocycles. The number of halogens is 1. The van der Waals surface area contributed by atoms with E-state index in [4.69, 9.17) is 14.5 Å². The van der Waals surface area contributed by atoms with Crippen LogP contribution in [0.3, 0.4) is 0 Å². The molecule has 36 heavy (non-hydrogen) atoms. The van der Waals surface area contributed by atoms with E-state index in [9.17, 15) is 19.7 Å². The Hall–Kier alpha value is -3.60. The molecular formula is C25H25BrN4O6. The van der Waals surface area contributed by atoms with Crippen LogP contribution in [-0.2, 0) is 4.79 Å². The molecule has 0 unspecified atom stereocenters. The summed E-state index contributed by atoms with van der Waals surface area (Å²) in [5.74, 6) is -0.303. The van der Waals surface area contributed by atoms with Gasteiger partial charge in [0.1, 0.15) is 5.82 Å². The summed E-state index contributed by atoms with van der Waals surface area (Å²) in [4.78, 5) is 40.9. The molecule has 4 rings (SSSR count). The van der Waals surface area contributed by atoms with Crippen molar-refractivity contribution in [1.82, 2.24) is 9.66 Å². The molecule has 0 atom stereocenters. The van der Waals surface area contributed by atoms with Gasteiger partial charge in [0.25, 0.3) is 5.56 Å². The predicted octanol–water partition coefficient (Wildman–Crippen LogP) is 5.32. The Bertz CT molecular complexity index is 1410. The normalized spacial score (nSPS) is 14.3. The van der Waals surface area contributed by atoms with Gasteiger partial charge in [0.05, 0.1) is 28.6 Å². The number of rotatable bonds is 7. The fourth-order valence-electron chi connectivity index (χ4n) is 4.35. The van der Waals surface area contributed by atoms with Gasteiger partial charge in [-0.25, -0.2) is 4.98 Å². The van der Waals surface area contributed by atoms with Gasteiger partial charge in [-0.2, -0.15) is 9.78 Å². The van der Waals surface area contributed by atoms with Crippen LogP contribution in [0.1, 0.15) is 63.3 Å². The van der Waals surface area contributed by atoms with Gasteiger partial charge in [-0.05, 0) is 44.0 Å². The average molecular weight is 557 g/mol. The lowest BCUT2D eigenvalue weighted by Crippen LogP contribution is -2.25. The van der Waals surface area contributed by atoms with E-state index in [-0.39, 0.29) is 29.6 Å². The van der Waals surface area contributed by atoms with Crippen molar-refractivity contribution in [2.75, 3.05) is 6.61 Å². The van der Waals surface area contributed by atoms with Crippen molar-refractivity contribution in [2.24, 2.45) is 5.10 Å². The molecule has 0 N–H and O–H groups in total. The first kappa shape index (κ1) is 25.5. The molecule has 1 aliphatic carbocycles. The molecule has 0 radical (unpaired) electrons. The quantitative estimate of drug-likeness (QED) is 0.127. The molecule has 0 saturated heterocycles. The largest absolute Gasteiger partial charge is 0.490 e. The minimum Gasteiger partial charge on any atom is -0.490 e. The van der Waals surface area contributed by atoms with Gasteiger partial charge >= 0.3 is 11.7 Å². The fourth-order valence-corrected chi connectivity index (χ4v) is 4.72. The van der Waals surface area contributed by atoms with Crippen molar-refractivity contribution < 1.29 is 19.2 Å². The highest BCUT2D eigenvalue weighted by molar-refractivity contribution is 9.10. The molecule has 3 aromatic rings. The van der Waals surface area contributed by atoms with Crippen molar-refractivity contribution in [3.05, 3.63) is 66.7 Å². The van der Waals surface area contributed by atoms with Crippen LogP contribution in [0, 0.1) is 10.1 Å². The Morgan fingerprint density at radius 1 is 1.28 bits per heavy atom. The molecule has 0 bridgehead atoms. The van der Waals surface area contributed by atoms with E-state index in [1.807, 2.05) is 6.07 Å². The summed E-state index contributed by atoms with van der Waals surface area (Å²) >= 11 is 3.40. The van der Waals surface area contributed by atoms with E-state index >= 15 is 0 Å². The summed E-state index contributed by atoms with van der Waals surface area (Å²) in [5.41, 5.74) is 0.124. The number of ether oxygens (including phenoxy) is 2. The van der Waals surface area contributed by atoms with Gasteiger partial charge in [-0.15, -0.1) is 0 Å². The zero-order valence-corrected chi connectivity index (χ0v) is 21.5. The van der Waals surface area contributed by atoms with Crippen molar-refractivity contribution in [2.45, 2.75) is 51.9 Å². The highest BCUT2D eigenvalue weighted by Gasteiger charge is 2.25. The Morgan fingerprint density at radius 2 is 2.03 bits per heavy atom. The number of nitro benzene ring substituents is 1. The number of carbonyl (C=O) groups excluding carboxylic acids is 1. The topological polar surface area (TPSA) is 126 Å². The Morgan fingerprint density at radius 3 is 2.69 bits per heavy atom. The van der Waals surface area contributed by atoms with E-state index in [0.29, 0.717) is 22.3 Å². The molecule has 1 aliphatic rings. The van der Waals surface area contributed by atoms with Crippen LogP contribution in [-0.4, -0.2) is 33.4 Å². The number of benzene rings is 2. The average Bonchev–Trinajstić information content (AvgIpc) is 2.85. The standard InChI is InChI=1S/C25H25BrN4O6/c1-3-35-22-12-16(11-21(30(33)34)23(22)36-15(2)31)14-27-29-24(17-7-5-4-6-8-17)28-20-10-9-18(26)13-19(20)25(29)32/h9-14,17H,3-8H2,1-2H3. The van der Waals surface area contributed by atoms with Crippen LogP contribution in [0.15, 0.2) is 44.7 Å². The molecule has 0 spiro atoms. The molecular weight excluding hydrogens is 532 g/mol. The number of nitrogens with zero attached hydrogens (tertiary/aromatic N) is 4. The lowest BCUT2D eigenvalue weighted by atomic mass is 9.88. The molecule has 188 valence electrons. The first-order chi connectivity index (χ1) is 17.3. The summed E-state index contributed by atoms with van der Waals surface area (Å²) in [6.45, 7) is 3.05. The zero-order valence-electron chi connectivity index (χ0n) is 19.9. The third-order valence-corrected chi connectivity index (χ3v) is 6.42. The lowest BCUT2D eigenvalue weighted by molar-refractivity contribution is -0.385. The molecule has 1 fully saturated rings. The maximum absolute atomic E-state index is 13.5. The van der Waals surface area contributed by atoms with E-state index in [1.54, 1.807) is 19.1 Å². The highest BCUT2D eigenvalue weighted by Crippen LogP contribution is 2.38. The van der Waals surface area contributed by atoms with E-state index < -0.39 is 16.6 Å². The first-order valence-electron chi connectivity index (χ1n) is 11.7. The fraction of sp³-hybridized carbons (Fsp3) is 0.360. The van der Waals surface area contributed by atoms with Gasteiger partial charge in [-0.3, -0.25) is 19.7 Å². The number of esters is 1. The predicted molar refractivity (Wildman–Crippen MR) is 138 cm³/mol. The summed E-state index contributed by atoms with van der Waals surface area (Å²) in [6, 6.07) is 8.04. The number of carbonyl (C=O) groups is 1. The maximum Gasteiger partial charge on any atom is 0.316 e. The Kier molecular flexibility index (Phi) is 7.78. The van der Waals surface area contributed by atoms with Crippen LogP contribution < -0.4 is 15.0 Å². The molecule has 10 nitrogen and oxygen atoms in total. The minimum atomic E-state index is -0.711. The number of fused-ring (bicyclic) bond motifs is 1. The summed E-state index contributed by atoms with van der Waals surface area (Å²) in [6.07, 6.45) is 6.39. The Balaban J connectivity index is 1.86. The molecule has 0 aliphatic heterocycles. The van der Waals surface area contributed by atoms with Crippen molar-refractivity contribution in [3.63, 3.8) is 0 Å². The molecule has 1 heterocycles. The lowest BCUT2D eigenvalue weighted by Gasteiger charge is -2.22. The highest BCUT2D eigenvalue weighted by atomic mass is 79.9. The maximum atomic E-state index is 13.5. The summed E-state index contributed by atoms with van der Waals surface area (Å²) in [7, 11) is 0. The first-order valence-corrected chi connectivity index (χ1v) is 12.5.